The molecule has 2 rings (SSSR count). The second-order valence-corrected chi connectivity index (χ2v) is 4.73. The fourth-order valence-electron chi connectivity index (χ4n) is 1.84. The van der Waals surface area contributed by atoms with E-state index in [2.05, 4.69) is 0 Å². The van der Waals surface area contributed by atoms with Gasteiger partial charge >= 0.3 is 0 Å². The molecule has 0 aromatic heterocycles. The Morgan fingerprint density at radius 1 is 1.26 bits per heavy atom. The van der Waals surface area contributed by atoms with Crippen LogP contribution in [0.15, 0.2) is 24.3 Å². The molecule has 0 unspecified atom stereocenters. The van der Waals surface area contributed by atoms with Gasteiger partial charge in [0.15, 0.2) is 6.61 Å². The van der Waals surface area contributed by atoms with E-state index in [1.54, 1.807) is 11.9 Å². The van der Waals surface area contributed by atoms with Crippen molar-refractivity contribution in [3.8, 4) is 5.75 Å². The summed E-state index contributed by atoms with van der Waals surface area (Å²) in [6.07, 6.45) is 0. The zero-order valence-electron chi connectivity index (χ0n) is 11.3. The molecule has 5 heteroatoms. The van der Waals surface area contributed by atoms with Gasteiger partial charge in [-0.15, -0.1) is 0 Å². The molecule has 0 saturated carbocycles. The minimum atomic E-state index is -0.151. The summed E-state index contributed by atoms with van der Waals surface area (Å²) in [4.78, 5) is 26.6. The molecule has 1 aromatic rings. The molecule has 0 N–H and O–H groups in total. The van der Waals surface area contributed by atoms with Crippen LogP contribution < -0.4 is 4.74 Å². The molecule has 0 atom stereocenters. The number of piperazine rings is 1. The second-order valence-electron chi connectivity index (χ2n) is 4.73. The number of nitrogens with zero attached hydrogens (tertiary/aromatic N) is 2. The topological polar surface area (TPSA) is 49.9 Å². The molecule has 2 amide bonds. The predicted molar refractivity (Wildman–Crippen MR) is 70.9 cm³/mol. The number of likely N-dealkylation sites (N-methyl/N-ethyl adjacent to an activating group) is 1. The summed E-state index contributed by atoms with van der Waals surface area (Å²) in [5.41, 5.74) is 1.14. The van der Waals surface area contributed by atoms with E-state index in [9.17, 15) is 9.59 Å². The number of amides is 2. The average molecular weight is 262 g/mol. The molecule has 1 aromatic carbocycles. The first kappa shape index (κ1) is 13.4. The van der Waals surface area contributed by atoms with E-state index in [0.29, 0.717) is 18.8 Å². The lowest BCUT2D eigenvalue weighted by atomic mass is 10.2. The normalized spacial score (nSPS) is 15.6. The van der Waals surface area contributed by atoms with Gasteiger partial charge in [-0.3, -0.25) is 9.59 Å². The van der Waals surface area contributed by atoms with Gasteiger partial charge in [0, 0.05) is 20.1 Å². The summed E-state index contributed by atoms with van der Waals surface area (Å²) in [5, 5.41) is 0. The van der Waals surface area contributed by atoms with Crippen molar-refractivity contribution >= 4 is 11.8 Å². The molecular formula is C14H18N2O3. The van der Waals surface area contributed by atoms with Crippen LogP contribution >= 0.6 is 0 Å². The summed E-state index contributed by atoms with van der Waals surface area (Å²) < 4.78 is 5.42. The van der Waals surface area contributed by atoms with Crippen molar-refractivity contribution in [1.82, 2.24) is 9.80 Å². The van der Waals surface area contributed by atoms with Gasteiger partial charge in [-0.1, -0.05) is 17.7 Å². The molecule has 5 nitrogen and oxygen atoms in total. The van der Waals surface area contributed by atoms with Crippen molar-refractivity contribution in [2.45, 2.75) is 6.92 Å². The first-order valence-corrected chi connectivity index (χ1v) is 6.27. The van der Waals surface area contributed by atoms with Gasteiger partial charge in [-0.05, 0) is 19.1 Å². The third-order valence-electron chi connectivity index (χ3n) is 3.19. The molecule has 1 aliphatic heterocycles. The summed E-state index contributed by atoms with van der Waals surface area (Å²) in [7, 11) is 1.74. The van der Waals surface area contributed by atoms with Crippen LogP contribution in [-0.4, -0.2) is 54.9 Å². The maximum Gasteiger partial charge on any atom is 0.261 e. The van der Waals surface area contributed by atoms with E-state index in [4.69, 9.17) is 4.74 Å². The zero-order valence-corrected chi connectivity index (χ0v) is 11.3. The van der Waals surface area contributed by atoms with Gasteiger partial charge in [0.05, 0.1) is 6.54 Å². The lowest BCUT2D eigenvalue weighted by Gasteiger charge is -2.31. The van der Waals surface area contributed by atoms with Crippen molar-refractivity contribution in [2.24, 2.45) is 0 Å². The van der Waals surface area contributed by atoms with Crippen molar-refractivity contribution in [1.29, 1.82) is 0 Å². The lowest BCUT2D eigenvalue weighted by molar-refractivity contribution is -0.145. The van der Waals surface area contributed by atoms with Crippen LogP contribution in [0.3, 0.4) is 0 Å². The Kier molecular flexibility index (Phi) is 4.04. The number of ether oxygens (including phenoxy) is 1. The number of rotatable bonds is 3. The molecule has 0 aliphatic carbocycles. The van der Waals surface area contributed by atoms with Crippen molar-refractivity contribution < 1.29 is 14.3 Å². The molecule has 1 fully saturated rings. The number of carbonyl (C=O) groups excluding carboxylic acids is 2. The van der Waals surface area contributed by atoms with E-state index in [0.717, 1.165) is 5.56 Å². The molecule has 102 valence electrons. The van der Waals surface area contributed by atoms with Crippen LogP contribution in [0.25, 0.3) is 0 Å². The first-order chi connectivity index (χ1) is 9.06. The van der Waals surface area contributed by atoms with Crippen molar-refractivity contribution in [3.05, 3.63) is 29.8 Å². The largest absolute Gasteiger partial charge is 0.484 e. The molecule has 0 bridgehead atoms. The lowest BCUT2D eigenvalue weighted by Crippen LogP contribution is -2.51. The Balaban J connectivity index is 1.84. The summed E-state index contributed by atoms with van der Waals surface area (Å²) in [6.45, 7) is 3.25. The summed E-state index contributed by atoms with van der Waals surface area (Å²) >= 11 is 0. The van der Waals surface area contributed by atoms with Gasteiger partial charge in [-0.2, -0.15) is 0 Å². The molecule has 1 heterocycles. The molecular weight excluding hydrogens is 244 g/mol. The number of hydrogen-bond acceptors (Lipinski definition) is 3. The average Bonchev–Trinajstić information content (AvgIpc) is 2.41. The Morgan fingerprint density at radius 2 is 1.95 bits per heavy atom. The van der Waals surface area contributed by atoms with Gasteiger partial charge in [0.1, 0.15) is 5.75 Å². The standard InChI is InChI=1S/C14H18N2O3/c1-11-3-5-12(6-4-11)19-10-14(18)16-8-7-15(2)13(17)9-16/h3-6H,7-10H2,1-2H3. The van der Waals surface area contributed by atoms with E-state index < -0.39 is 0 Å². The van der Waals surface area contributed by atoms with E-state index in [-0.39, 0.29) is 25.0 Å². The fraction of sp³-hybridized carbons (Fsp3) is 0.429. The number of aryl methyl sites for hydroxylation is 1. The first-order valence-electron chi connectivity index (χ1n) is 6.27. The van der Waals surface area contributed by atoms with Crippen LogP contribution in [-0.2, 0) is 9.59 Å². The predicted octanol–water partition coefficient (Wildman–Crippen LogP) is 0.674. The van der Waals surface area contributed by atoms with Gasteiger partial charge in [-0.25, -0.2) is 0 Å². The van der Waals surface area contributed by atoms with Crippen LogP contribution in [0.5, 0.6) is 5.75 Å². The van der Waals surface area contributed by atoms with Gasteiger partial charge in [0.25, 0.3) is 5.91 Å². The molecule has 1 aliphatic rings. The second kappa shape index (κ2) is 5.73. The minimum Gasteiger partial charge on any atom is -0.484 e. The third kappa shape index (κ3) is 3.47. The highest BCUT2D eigenvalue weighted by Gasteiger charge is 2.24. The van der Waals surface area contributed by atoms with E-state index >= 15 is 0 Å². The highest BCUT2D eigenvalue weighted by molar-refractivity contribution is 5.86. The van der Waals surface area contributed by atoms with Crippen LogP contribution in [0, 0.1) is 6.92 Å². The number of benzene rings is 1. The minimum absolute atomic E-state index is 0.0277. The maximum atomic E-state index is 11.9. The van der Waals surface area contributed by atoms with Crippen molar-refractivity contribution in [2.75, 3.05) is 33.3 Å². The van der Waals surface area contributed by atoms with Gasteiger partial charge < -0.3 is 14.5 Å². The highest BCUT2D eigenvalue weighted by atomic mass is 16.5. The Morgan fingerprint density at radius 3 is 2.58 bits per heavy atom. The monoisotopic (exact) mass is 262 g/mol. The smallest absolute Gasteiger partial charge is 0.261 e. The molecule has 0 radical (unpaired) electrons. The van der Waals surface area contributed by atoms with Crippen LogP contribution in [0.1, 0.15) is 5.56 Å². The zero-order chi connectivity index (χ0) is 13.8. The van der Waals surface area contributed by atoms with E-state index in [1.165, 1.54) is 4.90 Å². The SMILES string of the molecule is Cc1ccc(OCC(=O)N2CCN(C)C(=O)C2)cc1. The highest BCUT2D eigenvalue weighted by Crippen LogP contribution is 2.11. The Hall–Kier alpha value is -2.04. The number of carbonyl (C=O) groups is 2. The van der Waals surface area contributed by atoms with E-state index in [1.807, 2.05) is 31.2 Å². The summed E-state index contributed by atoms with van der Waals surface area (Å²) in [6, 6.07) is 7.52. The Bertz CT molecular complexity index is 470. The summed E-state index contributed by atoms with van der Waals surface area (Å²) in [5.74, 6) is 0.483. The quantitative estimate of drug-likeness (QED) is 0.804. The molecule has 0 spiro atoms. The molecule has 19 heavy (non-hydrogen) atoms. The van der Waals surface area contributed by atoms with Gasteiger partial charge in [0.2, 0.25) is 5.91 Å². The van der Waals surface area contributed by atoms with Crippen LogP contribution in [0.4, 0.5) is 0 Å². The Labute approximate surface area is 112 Å². The number of hydrogen-bond donors (Lipinski definition) is 0. The van der Waals surface area contributed by atoms with Crippen LogP contribution in [0.2, 0.25) is 0 Å². The third-order valence-corrected chi connectivity index (χ3v) is 3.19. The van der Waals surface area contributed by atoms with Crippen molar-refractivity contribution in [3.63, 3.8) is 0 Å². The fourth-order valence-corrected chi connectivity index (χ4v) is 1.84. The maximum absolute atomic E-state index is 11.9. The molecule has 1 saturated heterocycles.